The number of hydrogen-bond acceptors (Lipinski definition) is 3. The predicted molar refractivity (Wildman–Crippen MR) is 76.5 cm³/mol. The fraction of sp³-hybridized carbons (Fsp3) is 0.600. The van der Waals surface area contributed by atoms with Crippen molar-refractivity contribution in [3.63, 3.8) is 0 Å². The number of benzene rings is 1. The summed E-state index contributed by atoms with van der Waals surface area (Å²) < 4.78 is 0. The monoisotopic (exact) mass is 250 g/mol. The summed E-state index contributed by atoms with van der Waals surface area (Å²) in [7, 11) is 2.03. The Morgan fingerprint density at radius 3 is 2.44 bits per heavy atom. The van der Waals surface area contributed by atoms with Crippen LogP contribution in [0.4, 0.5) is 0 Å². The molecule has 0 aliphatic heterocycles. The van der Waals surface area contributed by atoms with E-state index in [0.717, 1.165) is 12.8 Å². The molecule has 0 spiro atoms. The molecule has 1 rings (SSSR count). The summed E-state index contributed by atoms with van der Waals surface area (Å²) >= 11 is 0. The summed E-state index contributed by atoms with van der Waals surface area (Å²) in [5.74, 6) is 0. The van der Waals surface area contributed by atoms with Crippen LogP contribution >= 0.6 is 0 Å². The van der Waals surface area contributed by atoms with E-state index >= 15 is 0 Å². The van der Waals surface area contributed by atoms with E-state index in [4.69, 9.17) is 5.73 Å². The molecule has 3 heteroatoms. The molecule has 1 aromatic carbocycles. The van der Waals surface area contributed by atoms with Crippen LogP contribution in [0.3, 0.4) is 0 Å². The van der Waals surface area contributed by atoms with Crippen LogP contribution in [0, 0.1) is 0 Å². The first-order valence-corrected chi connectivity index (χ1v) is 6.72. The minimum Gasteiger partial charge on any atom is -0.390 e. The molecule has 0 saturated heterocycles. The average Bonchev–Trinajstić information content (AvgIpc) is 2.38. The summed E-state index contributed by atoms with van der Waals surface area (Å²) in [5, 5.41) is 10.1. The van der Waals surface area contributed by atoms with Crippen LogP contribution in [0.15, 0.2) is 30.3 Å². The van der Waals surface area contributed by atoms with Gasteiger partial charge >= 0.3 is 0 Å². The normalized spacial score (nSPS) is 16.6. The van der Waals surface area contributed by atoms with Gasteiger partial charge in [-0.25, -0.2) is 0 Å². The van der Waals surface area contributed by atoms with E-state index in [0.29, 0.717) is 12.6 Å². The Hall–Kier alpha value is -0.900. The SMILES string of the molecule is CCC(C)N(C)CC(O)C(N)Cc1ccccc1. The number of nitrogens with zero attached hydrogens (tertiary/aromatic N) is 1. The number of aliphatic hydroxyl groups excluding tert-OH is 1. The van der Waals surface area contributed by atoms with E-state index < -0.39 is 6.10 Å². The lowest BCUT2D eigenvalue weighted by molar-refractivity contribution is 0.0863. The third kappa shape index (κ3) is 4.77. The summed E-state index contributed by atoms with van der Waals surface area (Å²) in [5.41, 5.74) is 7.24. The van der Waals surface area contributed by atoms with E-state index in [2.05, 4.69) is 18.7 Å². The smallest absolute Gasteiger partial charge is 0.0820 e. The molecule has 18 heavy (non-hydrogen) atoms. The second-order valence-corrected chi connectivity index (χ2v) is 5.12. The van der Waals surface area contributed by atoms with Crippen molar-refractivity contribution in [3.05, 3.63) is 35.9 Å². The molecule has 1 aromatic rings. The van der Waals surface area contributed by atoms with E-state index in [9.17, 15) is 5.11 Å². The summed E-state index contributed by atoms with van der Waals surface area (Å²) in [6.45, 7) is 4.94. The topological polar surface area (TPSA) is 49.5 Å². The molecule has 0 fully saturated rings. The molecule has 0 aromatic heterocycles. The van der Waals surface area contributed by atoms with Crippen LogP contribution in [-0.2, 0) is 6.42 Å². The van der Waals surface area contributed by atoms with Crippen molar-refractivity contribution in [3.8, 4) is 0 Å². The standard InChI is InChI=1S/C15H26N2O/c1-4-12(2)17(3)11-15(18)14(16)10-13-8-6-5-7-9-13/h5-9,12,14-15,18H,4,10-11,16H2,1-3H3. The van der Waals surface area contributed by atoms with E-state index in [1.165, 1.54) is 5.56 Å². The van der Waals surface area contributed by atoms with Crippen molar-refractivity contribution in [2.24, 2.45) is 5.73 Å². The Morgan fingerprint density at radius 1 is 1.28 bits per heavy atom. The van der Waals surface area contributed by atoms with E-state index in [1.807, 2.05) is 37.4 Å². The fourth-order valence-electron chi connectivity index (χ4n) is 1.94. The zero-order valence-electron chi connectivity index (χ0n) is 11.7. The summed E-state index contributed by atoms with van der Waals surface area (Å²) in [6.07, 6.45) is 1.32. The highest BCUT2D eigenvalue weighted by molar-refractivity contribution is 5.16. The van der Waals surface area contributed by atoms with E-state index in [-0.39, 0.29) is 6.04 Å². The van der Waals surface area contributed by atoms with Crippen molar-refractivity contribution in [2.45, 2.75) is 44.9 Å². The Kier molecular flexibility index (Phi) is 6.33. The third-order valence-electron chi connectivity index (χ3n) is 3.63. The first-order chi connectivity index (χ1) is 8.54. The molecule has 0 heterocycles. The molecule has 0 aliphatic rings. The van der Waals surface area contributed by atoms with Crippen LogP contribution in [0.5, 0.6) is 0 Å². The van der Waals surface area contributed by atoms with Gasteiger partial charge in [0.15, 0.2) is 0 Å². The summed E-state index contributed by atoms with van der Waals surface area (Å²) in [6, 6.07) is 10.3. The molecular weight excluding hydrogens is 224 g/mol. The van der Waals surface area contributed by atoms with E-state index in [1.54, 1.807) is 0 Å². The number of rotatable bonds is 7. The first-order valence-electron chi connectivity index (χ1n) is 6.72. The minimum absolute atomic E-state index is 0.209. The van der Waals surface area contributed by atoms with Gasteiger partial charge in [-0.3, -0.25) is 0 Å². The molecular formula is C15H26N2O. The highest BCUT2D eigenvalue weighted by Gasteiger charge is 2.18. The van der Waals surface area contributed by atoms with Crippen molar-refractivity contribution in [1.82, 2.24) is 4.90 Å². The van der Waals surface area contributed by atoms with Gasteiger partial charge in [-0.1, -0.05) is 37.3 Å². The van der Waals surface area contributed by atoms with Gasteiger partial charge in [-0.2, -0.15) is 0 Å². The van der Waals surface area contributed by atoms with Crippen LogP contribution in [0.2, 0.25) is 0 Å². The van der Waals surface area contributed by atoms with Crippen LogP contribution < -0.4 is 5.73 Å². The van der Waals surface area contributed by atoms with Gasteiger partial charge in [-0.15, -0.1) is 0 Å². The maximum Gasteiger partial charge on any atom is 0.0820 e. The van der Waals surface area contributed by atoms with Crippen LogP contribution in [-0.4, -0.2) is 41.8 Å². The first kappa shape index (κ1) is 15.2. The van der Waals surface area contributed by atoms with Gasteiger partial charge in [0.25, 0.3) is 0 Å². The second kappa shape index (κ2) is 7.52. The van der Waals surface area contributed by atoms with Gasteiger partial charge in [-0.05, 0) is 32.4 Å². The zero-order valence-corrected chi connectivity index (χ0v) is 11.7. The van der Waals surface area contributed by atoms with Crippen molar-refractivity contribution in [1.29, 1.82) is 0 Å². The molecule has 3 atom stereocenters. The quantitative estimate of drug-likeness (QED) is 0.773. The Balaban J connectivity index is 2.44. The van der Waals surface area contributed by atoms with Gasteiger partial charge in [0.05, 0.1) is 6.10 Å². The second-order valence-electron chi connectivity index (χ2n) is 5.12. The molecule has 0 aliphatic carbocycles. The maximum atomic E-state index is 10.1. The van der Waals surface area contributed by atoms with Gasteiger partial charge < -0.3 is 15.7 Å². The van der Waals surface area contributed by atoms with Crippen LogP contribution in [0.1, 0.15) is 25.8 Å². The predicted octanol–water partition coefficient (Wildman–Crippen LogP) is 1.65. The molecule has 102 valence electrons. The molecule has 0 saturated carbocycles. The zero-order chi connectivity index (χ0) is 13.5. The molecule has 0 radical (unpaired) electrons. The lowest BCUT2D eigenvalue weighted by atomic mass is 10.0. The van der Waals surface area contributed by atoms with Crippen molar-refractivity contribution in [2.75, 3.05) is 13.6 Å². The largest absolute Gasteiger partial charge is 0.390 e. The molecule has 3 unspecified atom stereocenters. The minimum atomic E-state index is -0.482. The van der Waals surface area contributed by atoms with Crippen molar-refractivity contribution < 1.29 is 5.11 Å². The lowest BCUT2D eigenvalue weighted by Gasteiger charge is -2.28. The number of nitrogens with two attached hydrogens (primary N) is 1. The average molecular weight is 250 g/mol. The Bertz CT molecular complexity index is 329. The van der Waals surface area contributed by atoms with Gasteiger partial charge in [0.2, 0.25) is 0 Å². The Labute approximate surface area is 111 Å². The fourth-order valence-corrected chi connectivity index (χ4v) is 1.94. The molecule has 3 N–H and O–H groups in total. The van der Waals surface area contributed by atoms with Gasteiger partial charge in [0, 0.05) is 18.6 Å². The van der Waals surface area contributed by atoms with Gasteiger partial charge in [0.1, 0.15) is 0 Å². The highest BCUT2D eigenvalue weighted by atomic mass is 16.3. The molecule has 0 amide bonds. The highest BCUT2D eigenvalue weighted by Crippen LogP contribution is 2.07. The lowest BCUT2D eigenvalue weighted by Crippen LogP contribution is -2.45. The number of aliphatic hydroxyl groups is 1. The third-order valence-corrected chi connectivity index (χ3v) is 3.63. The number of hydrogen-bond donors (Lipinski definition) is 2. The van der Waals surface area contributed by atoms with Crippen LogP contribution in [0.25, 0.3) is 0 Å². The summed E-state index contributed by atoms with van der Waals surface area (Å²) in [4.78, 5) is 2.16. The molecule has 3 nitrogen and oxygen atoms in total. The number of likely N-dealkylation sites (N-methyl/N-ethyl adjacent to an activating group) is 1. The maximum absolute atomic E-state index is 10.1. The Morgan fingerprint density at radius 2 is 1.89 bits per heavy atom. The van der Waals surface area contributed by atoms with Crippen molar-refractivity contribution >= 4 is 0 Å². The molecule has 0 bridgehead atoms.